The van der Waals surface area contributed by atoms with Crippen LogP contribution in [0, 0.1) is 11.6 Å². The Balaban J connectivity index is 2.20. The number of hydrogen-bond donors (Lipinski definition) is 0. The van der Waals surface area contributed by atoms with E-state index < -0.39 is 28.9 Å². The fraction of sp³-hybridized carbons (Fsp3) is 0.118. The minimum Gasteiger partial charge on any atom is -0.755 e. The largest absolute Gasteiger partial charge is 0.755 e. The van der Waals surface area contributed by atoms with E-state index >= 15 is 0 Å². The van der Waals surface area contributed by atoms with Crippen molar-refractivity contribution >= 4 is 34.9 Å². The van der Waals surface area contributed by atoms with Gasteiger partial charge in [-0.25, -0.2) is 13.6 Å². The molecule has 0 spiro atoms. The van der Waals surface area contributed by atoms with Crippen molar-refractivity contribution in [3.63, 3.8) is 0 Å². The summed E-state index contributed by atoms with van der Waals surface area (Å²) >= 11 is 2.98. The monoisotopic (exact) mass is 400 g/mol. The third kappa shape index (κ3) is 5.10. The maximum Gasteiger partial charge on any atom is 0.337 e. The fourth-order valence-electron chi connectivity index (χ4n) is 2.03. The van der Waals surface area contributed by atoms with Crippen LogP contribution in [0.2, 0.25) is 5.02 Å². The molecule has 0 radical (unpaired) electrons. The van der Waals surface area contributed by atoms with Crippen LogP contribution >= 0.6 is 11.6 Å². The van der Waals surface area contributed by atoms with E-state index in [-0.39, 0.29) is 22.7 Å². The molecule has 0 aliphatic heterocycles. The van der Waals surface area contributed by atoms with Crippen molar-refractivity contribution in [1.29, 1.82) is 0 Å². The van der Waals surface area contributed by atoms with Gasteiger partial charge in [-0.15, -0.1) is 0 Å². The maximum absolute atomic E-state index is 14.1. The van der Waals surface area contributed by atoms with Gasteiger partial charge in [-0.1, -0.05) is 23.7 Å². The molecule has 0 amide bonds. The number of carbonyl (C=O) groups is 1. The molecule has 2 rings (SSSR count). The van der Waals surface area contributed by atoms with Crippen LogP contribution < -0.4 is 0 Å². The van der Waals surface area contributed by atoms with E-state index in [2.05, 4.69) is 4.74 Å². The Kier molecular flexibility index (Phi) is 6.84. The molecule has 0 saturated heterocycles. The SMILES string of the molecule is COC(=O)c1ccc(CN(C=Cc2ccc(F)c(Cl)c2)S(=O)[O-])c(F)c1. The highest BCUT2D eigenvalue weighted by Gasteiger charge is 2.12. The third-order valence-electron chi connectivity index (χ3n) is 3.37. The number of benzene rings is 2. The molecule has 1 atom stereocenters. The van der Waals surface area contributed by atoms with E-state index in [1.807, 2.05) is 0 Å². The molecule has 0 aromatic heterocycles. The molecule has 0 fully saturated rings. The zero-order valence-electron chi connectivity index (χ0n) is 13.4. The lowest BCUT2D eigenvalue weighted by atomic mass is 10.1. The smallest absolute Gasteiger partial charge is 0.337 e. The second-order valence-electron chi connectivity index (χ2n) is 5.08. The Labute approximate surface area is 156 Å². The first-order chi connectivity index (χ1) is 12.3. The second kappa shape index (κ2) is 8.88. The van der Waals surface area contributed by atoms with Crippen LogP contribution in [-0.4, -0.2) is 26.1 Å². The van der Waals surface area contributed by atoms with Gasteiger partial charge in [-0.05, 0) is 35.9 Å². The number of methoxy groups -OCH3 is 1. The quantitative estimate of drug-likeness (QED) is 0.548. The molecule has 26 heavy (non-hydrogen) atoms. The number of halogens is 3. The van der Waals surface area contributed by atoms with Crippen LogP contribution in [0.4, 0.5) is 8.78 Å². The number of esters is 1. The first-order valence-electron chi connectivity index (χ1n) is 7.18. The number of ether oxygens (including phenoxy) is 1. The summed E-state index contributed by atoms with van der Waals surface area (Å²) in [6.45, 7) is -0.297. The lowest BCUT2D eigenvalue weighted by molar-refractivity contribution is 0.0600. The van der Waals surface area contributed by atoms with Crippen molar-refractivity contribution in [3.05, 3.63) is 75.9 Å². The fourth-order valence-corrected chi connectivity index (χ4v) is 2.62. The van der Waals surface area contributed by atoms with Gasteiger partial charge in [0.05, 0.1) is 24.2 Å². The van der Waals surface area contributed by atoms with Crippen molar-refractivity contribution < 1.29 is 27.1 Å². The van der Waals surface area contributed by atoms with E-state index in [1.54, 1.807) is 0 Å². The molecular formula is C17H13ClF2NO4S-. The summed E-state index contributed by atoms with van der Waals surface area (Å²) in [4.78, 5) is 11.4. The Hall–Kier alpha value is -2.29. The number of rotatable bonds is 6. The van der Waals surface area contributed by atoms with Crippen molar-refractivity contribution in [1.82, 2.24) is 4.31 Å². The zero-order valence-corrected chi connectivity index (χ0v) is 15.0. The molecule has 9 heteroatoms. The molecule has 0 bridgehead atoms. The Morgan fingerprint density at radius 2 is 2.00 bits per heavy atom. The molecule has 0 N–H and O–H groups in total. The summed E-state index contributed by atoms with van der Waals surface area (Å²) in [6.07, 6.45) is 2.59. The van der Waals surface area contributed by atoms with Crippen molar-refractivity contribution in [2.45, 2.75) is 6.54 Å². The van der Waals surface area contributed by atoms with E-state index in [9.17, 15) is 22.3 Å². The average Bonchev–Trinajstić information content (AvgIpc) is 2.61. The molecule has 5 nitrogen and oxygen atoms in total. The first-order valence-corrected chi connectivity index (χ1v) is 8.59. The number of nitrogens with zero attached hydrogens (tertiary/aromatic N) is 1. The predicted octanol–water partition coefficient (Wildman–Crippen LogP) is 3.67. The standard InChI is InChI=1S/C17H14ClF2NO4S/c1-25-17(22)12-3-4-13(16(20)9-12)10-21(26(23)24)7-6-11-2-5-15(19)14(18)8-11/h2-9H,10H2,1H3,(H,23,24)/p-1. The highest BCUT2D eigenvalue weighted by Crippen LogP contribution is 2.18. The summed E-state index contributed by atoms with van der Waals surface area (Å²) in [6, 6.07) is 7.48. The van der Waals surface area contributed by atoms with Crippen molar-refractivity contribution in [2.24, 2.45) is 0 Å². The molecule has 0 aliphatic carbocycles. The maximum atomic E-state index is 14.1. The van der Waals surface area contributed by atoms with Crippen LogP contribution in [0.5, 0.6) is 0 Å². The van der Waals surface area contributed by atoms with Crippen LogP contribution in [0.25, 0.3) is 6.08 Å². The molecule has 1 unspecified atom stereocenters. The zero-order chi connectivity index (χ0) is 19.3. The second-order valence-corrected chi connectivity index (χ2v) is 6.39. The molecule has 2 aromatic rings. The van der Waals surface area contributed by atoms with Crippen molar-refractivity contribution in [3.8, 4) is 0 Å². The Morgan fingerprint density at radius 3 is 2.58 bits per heavy atom. The number of hydrogen-bond acceptors (Lipinski definition) is 4. The molecular weight excluding hydrogens is 388 g/mol. The summed E-state index contributed by atoms with van der Waals surface area (Å²) < 4.78 is 55.3. The normalized spacial score (nSPS) is 12.2. The molecule has 2 aromatic carbocycles. The first kappa shape index (κ1) is 20.0. The van der Waals surface area contributed by atoms with Gasteiger partial charge in [-0.2, -0.15) is 0 Å². The van der Waals surface area contributed by atoms with Gasteiger partial charge in [-0.3, -0.25) is 4.21 Å². The molecule has 0 saturated carbocycles. The average molecular weight is 401 g/mol. The van der Waals surface area contributed by atoms with Crippen LogP contribution in [0.1, 0.15) is 21.5 Å². The van der Waals surface area contributed by atoms with E-state index in [4.69, 9.17) is 11.6 Å². The molecule has 0 aliphatic rings. The lowest BCUT2D eigenvalue weighted by Gasteiger charge is -2.22. The van der Waals surface area contributed by atoms with Gasteiger partial charge in [0, 0.05) is 23.0 Å². The van der Waals surface area contributed by atoms with Gasteiger partial charge in [0.1, 0.15) is 11.6 Å². The predicted molar refractivity (Wildman–Crippen MR) is 92.6 cm³/mol. The lowest BCUT2D eigenvalue weighted by Crippen LogP contribution is -2.20. The van der Waals surface area contributed by atoms with Gasteiger partial charge < -0.3 is 13.6 Å². The number of carbonyl (C=O) groups excluding carboxylic acids is 1. The minimum atomic E-state index is -2.68. The van der Waals surface area contributed by atoms with Gasteiger partial charge in [0.15, 0.2) is 0 Å². The topological polar surface area (TPSA) is 69.7 Å². The van der Waals surface area contributed by atoms with Crippen LogP contribution in [0.15, 0.2) is 42.6 Å². The van der Waals surface area contributed by atoms with E-state index in [0.717, 1.165) is 16.4 Å². The van der Waals surface area contributed by atoms with Gasteiger partial charge in [0.2, 0.25) is 0 Å². The van der Waals surface area contributed by atoms with Crippen LogP contribution in [0.3, 0.4) is 0 Å². The highest BCUT2D eigenvalue weighted by atomic mass is 35.5. The van der Waals surface area contributed by atoms with E-state index in [1.165, 1.54) is 43.7 Å². The van der Waals surface area contributed by atoms with Crippen LogP contribution in [-0.2, 0) is 22.5 Å². The molecule has 138 valence electrons. The van der Waals surface area contributed by atoms with Gasteiger partial charge in [0.25, 0.3) is 0 Å². The highest BCUT2D eigenvalue weighted by molar-refractivity contribution is 7.76. The van der Waals surface area contributed by atoms with Gasteiger partial charge >= 0.3 is 5.97 Å². The summed E-state index contributed by atoms with van der Waals surface area (Å²) in [5, 5.41) is -0.105. The summed E-state index contributed by atoms with van der Waals surface area (Å²) in [5.74, 6) is -2.05. The van der Waals surface area contributed by atoms with Crippen molar-refractivity contribution in [2.75, 3.05) is 7.11 Å². The minimum absolute atomic E-state index is 0.0139. The summed E-state index contributed by atoms with van der Waals surface area (Å²) in [5.41, 5.74) is 0.539. The summed E-state index contributed by atoms with van der Waals surface area (Å²) in [7, 11) is 1.17. The van der Waals surface area contributed by atoms with E-state index in [0.29, 0.717) is 5.56 Å². The Morgan fingerprint density at radius 1 is 1.27 bits per heavy atom. The molecule has 0 heterocycles. The third-order valence-corrected chi connectivity index (χ3v) is 4.29. The Bertz CT molecular complexity index is 876.